The highest BCUT2D eigenvalue weighted by Gasteiger charge is 2.31. The van der Waals surface area contributed by atoms with Crippen LogP contribution in [0.2, 0.25) is 0 Å². The normalized spacial score (nSPS) is 16.5. The minimum atomic E-state index is -0.522. The maximum atomic E-state index is 12.0. The molecule has 0 fully saturated rings. The van der Waals surface area contributed by atoms with E-state index in [0.29, 0.717) is 24.1 Å². The molecule has 0 bridgehead atoms. The fraction of sp³-hybridized carbons (Fsp3) is 0.474. The predicted octanol–water partition coefficient (Wildman–Crippen LogP) is 2.29. The second-order valence-corrected chi connectivity index (χ2v) is 7.90. The Kier molecular flexibility index (Phi) is 7.84. The molecule has 0 radical (unpaired) electrons. The fourth-order valence-electron chi connectivity index (χ4n) is 2.38. The van der Waals surface area contributed by atoms with Gasteiger partial charge in [0.25, 0.3) is 5.91 Å². The van der Waals surface area contributed by atoms with E-state index in [0.717, 1.165) is 12.0 Å². The van der Waals surface area contributed by atoms with E-state index in [4.69, 9.17) is 0 Å². The van der Waals surface area contributed by atoms with E-state index in [1.54, 1.807) is 0 Å². The summed E-state index contributed by atoms with van der Waals surface area (Å²) in [6.07, 6.45) is 1.07. The summed E-state index contributed by atoms with van der Waals surface area (Å²) in [6, 6.07) is 9.60. The first-order valence-corrected chi connectivity index (χ1v) is 9.67. The molecule has 2 rings (SSSR count). The highest BCUT2D eigenvalue weighted by Crippen LogP contribution is 2.26. The van der Waals surface area contributed by atoms with Crippen molar-refractivity contribution in [1.82, 2.24) is 10.6 Å². The molecule has 1 aromatic rings. The number of rotatable bonds is 9. The van der Waals surface area contributed by atoms with Crippen molar-refractivity contribution in [2.75, 3.05) is 6.54 Å². The maximum absolute atomic E-state index is 12.0. The predicted molar refractivity (Wildman–Crippen MR) is 104 cm³/mol. The monoisotopic (exact) mass is 375 g/mol. The van der Waals surface area contributed by atoms with Gasteiger partial charge in [0, 0.05) is 19.5 Å². The molecule has 0 aromatic heterocycles. The zero-order valence-corrected chi connectivity index (χ0v) is 16.0. The summed E-state index contributed by atoms with van der Waals surface area (Å²) in [6.45, 7) is 5.22. The molecule has 1 aromatic carbocycles. The van der Waals surface area contributed by atoms with Crippen LogP contribution in [0.1, 0.15) is 38.7 Å². The average molecular weight is 375 g/mol. The first kappa shape index (κ1) is 20.2. The Hall–Kier alpha value is -2.15. The second kappa shape index (κ2) is 10.1. The molecule has 7 heteroatoms. The third-order valence-electron chi connectivity index (χ3n) is 3.85. The molecule has 0 aliphatic carbocycles. The van der Waals surface area contributed by atoms with Crippen LogP contribution < -0.4 is 10.6 Å². The standard InChI is InChI=1S/C19H25N3O3S/c1-13(2)8-9-20-16(23)10-15-19(25)22-18(26-15)11-17(24)21-12-14-6-4-3-5-7-14/h3-7,13,15H,8-12H2,1-2H3,(H,20,23)(H,21,24)/t15-/m1/s1. The summed E-state index contributed by atoms with van der Waals surface area (Å²) in [5.74, 6) is -0.154. The smallest absolute Gasteiger partial charge is 0.260 e. The van der Waals surface area contributed by atoms with Gasteiger partial charge in [0.05, 0.1) is 11.5 Å². The van der Waals surface area contributed by atoms with Gasteiger partial charge in [-0.3, -0.25) is 14.4 Å². The Bertz CT molecular complexity index is 674. The van der Waals surface area contributed by atoms with Crippen molar-refractivity contribution in [3.63, 3.8) is 0 Å². The molecule has 140 valence electrons. The molecule has 1 atom stereocenters. The van der Waals surface area contributed by atoms with Crippen molar-refractivity contribution in [2.24, 2.45) is 10.9 Å². The highest BCUT2D eigenvalue weighted by atomic mass is 32.2. The Morgan fingerprint density at radius 1 is 1.15 bits per heavy atom. The fourth-order valence-corrected chi connectivity index (χ4v) is 3.46. The van der Waals surface area contributed by atoms with Gasteiger partial charge in [-0.05, 0) is 17.9 Å². The Morgan fingerprint density at radius 2 is 1.88 bits per heavy atom. The first-order chi connectivity index (χ1) is 12.4. The lowest BCUT2D eigenvalue weighted by Gasteiger charge is -2.09. The van der Waals surface area contributed by atoms with Gasteiger partial charge in [-0.25, -0.2) is 4.99 Å². The molecular weight excluding hydrogens is 350 g/mol. The van der Waals surface area contributed by atoms with E-state index >= 15 is 0 Å². The molecule has 3 amide bonds. The quantitative estimate of drug-likeness (QED) is 0.693. The molecule has 1 aliphatic rings. The van der Waals surface area contributed by atoms with Gasteiger partial charge in [0.1, 0.15) is 5.25 Å². The lowest BCUT2D eigenvalue weighted by atomic mass is 10.1. The van der Waals surface area contributed by atoms with Crippen LogP contribution in [0, 0.1) is 5.92 Å². The summed E-state index contributed by atoms with van der Waals surface area (Å²) < 4.78 is 0. The van der Waals surface area contributed by atoms with Crippen molar-refractivity contribution >= 4 is 34.5 Å². The molecule has 1 aliphatic heterocycles. The number of carbonyl (C=O) groups excluding carboxylic acids is 3. The Labute approximate surface area is 158 Å². The molecule has 0 saturated carbocycles. The number of nitrogens with one attached hydrogen (secondary N) is 2. The van der Waals surface area contributed by atoms with E-state index in [1.807, 2.05) is 30.3 Å². The average Bonchev–Trinajstić information content (AvgIpc) is 2.92. The molecule has 0 saturated heterocycles. The number of amides is 3. The van der Waals surface area contributed by atoms with Gasteiger partial charge in [-0.2, -0.15) is 0 Å². The van der Waals surface area contributed by atoms with E-state index in [1.165, 1.54) is 11.8 Å². The minimum Gasteiger partial charge on any atom is -0.356 e. The molecule has 0 spiro atoms. The highest BCUT2D eigenvalue weighted by molar-refractivity contribution is 8.15. The number of thioether (sulfide) groups is 1. The summed E-state index contributed by atoms with van der Waals surface area (Å²) >= 11 is 1.22. The molecule has 26 heavy (non-hydrogen) atoms. The zero-order valence-electron chi connectivity index (χ0n) is 15.2. The Balaban J connectivity index is 1.71. The van der Waals surface area contributed by atoms with Gasteiger partial charge in [-0.1, -0.05) is 55.9 Å². The summed E-state index contributed by atoms with van der Waals surface area (Å²) in [5.41, 5.74) is 1.01. The van der Waals surface area contributed by atoms with Crippen molar-refractivity contribution in [3.8, 4) is 0 Å². The van der Waals surface area contributed by atoms with Crippen LogP contribution >= 0.6 is 11.8 Å². The molecule has 2 N–H and O–H groups in total. The first-order valence-electron chi connectivity index (χ1n) is 8.79. The number of aliphatic imine (C=N–C) groups is 1. The van der Waals surface area contributed by atoms with Crippen LogP contribution in [-0.2, 0) is 20.9 Å². The van der Waals surface area contributed by atoms with Gasteiger partial charge in [0.15, 0.2) is 0 Å². The van der Waals surface area contributed by atoms with E-state index in [9.17, 15) is 14.4 Å². The number of benzene rings is 1. The van der Waals surface area contributed by atoms with E-state index in [2.05, 4.69) is 29.5 Å². The van der Waals surface area contributed by atoms with Crippen LogP contribution in [0.5, 0.6) is 0 Å². The van der Waals surface area contributed by atoms with E-state index in [-0.39, 0.29) is 30.6 Å². The lowest BCUT2D eigenvalue weighted by Crippen LogP contribution is -2.29. The summed E-state index contributed by atoms with van der Waals surface area (Å²) in [7, 11) is 0. The van der Waals surface area contributed by atoms with E-state index < -0.39 is 5.25 Å². The zero-order chi connectivity index (χ0) is 18.9. The van der Waals surface area contributed by atoms with Gasteiger partial charge in [-0.15, -0.1) is 0 Å². The summed E-state index contributed by atoms with van der Waals surface area (Å²) in [4.78, 5) is 39.8. The molecule has 6 nitrogen and oxygen atoms in total. The van der Waals surface area contributed by atoms with Crippen LogP contribution in [0.4, 0.5) is 0 Å². The third kappa shape index (κ3) is 7.00. The van der Waals surface area contributed by atoms with Crippen LogP contribution in [-0.4, -0.2) is 34.6 Å². The number of carbonyl (C=O) groups is 3. The van der Waals surface area contributed by atoms with Gasteiger partial charge >= 0.3 is 0 Å². The van der Waals surface area contributed by atoms with Crippen molar-refractivity contribution in [3.05, 3.63) is 35.9 Å². The minimum absolute atomic E-state index is 0.0642. The van der Waals surface area contributed by atoms with Crippen LogP contribution in [0.25, 0.3) is 0 Å². The second-order valence-electron chi connectivity index (χ2n) is 6.63. The van der Waals surface area contributed by atoms with Crippen LogP contribution in [0.15, 0.2) is 35.3 Å². The van der Waals surface area contributed by atoms with Crippen molar-refractivity contribution in [1.29, 1.82) is 0 Å². The topological polar surface area (TPSA) is 87.6 Å². The molecule has 1 heterocycles. The SMILES string of the molecule is CC(C)CCNC(=O)C[C@H]1SC(CC(=O)NCc2ccccc2)=NC1=O. The number of nitrogens with zero attached hydrogens (tertiary/aromatic N) is 1. The van der Waals surface area contributed by atoms with Crippen molar-refractivity contribution in [2.45, 2.75) is 44.9 Å². The lowest BCUT2D eigenvalue weighted by molar-refractivity contribution is -0.124. The largest absolute Gasteiger partial charge is 0.356 e. The summed E-state index contributed by atoms with van der Waals surface area (Å²) in [5, 5.41) is 5.58. The van der Waals surface area contributed by atoms with Gasteiger partial charge in [0.2, 0.25) is 11.8 Å². The third-order valence-corrected chi connectivity index (χ3v) is 5.01. The van der Waals surface area contributed by atoms with Gasteiger partial charge < -0.3 is 10.6 Å². The number of hydrogen-bond acceptors (Lipinski definition) is 4. The molecule has 0 unspecified atom stereocenters. The molecular formula is C19H25N3O3S. The van der Waals surface area contributed by atoms with Crippen LogP contribution in [0.3, 0.4) is 0 Å². The maximum Gasteiger partial charge on any atom is 0.260 e. The van der Waals surface area contributed by atoms with Crippen molar-refractivity contribution < 1.29 is 14.4 Å². The number of hydrogen-bond donors (Lipinski definition) is 2. The Morgan fingerprint density at radius 3 is 2.58 bits per heavy atom.